The third-order valence-corrected chi connectivity index (χ3v) is 2.49. The highest BCUT2D eigenvalue weighted by Crippen LogP contribution is 2.15. The van der Waals surface area contributed by atoms with Gasteiger partial charge in [0.05, 0.1) is 12.9 Å². The zero-order chi connectivity index (χ0) is 12.1. The lowest BCUT2D eigenvalue weighted by molar-refractivity contribution is 0.0925. The number of ether oxygens (including phenoxy) is 1. The highest BCUT2D eigenvalue weighted by atomic mass is 35.5. The van der Waals surface area contributed by atoms with Gasteiger partial charge in [-0.15, -0.1) is 0 Å². The maximum Gasteiger partial charge on any atom is 0.119 e. The molecule has 17 heavy (non-hydrogen) atoms. The maximum absolute atomic E-state index is 9.74. The van der Waals surface area contributed by atoms with Gasteiger partial charge in [0.2, 0.25) is 0 Å². The second-order valence-corrected chi connectivity index (χ2v) is 4.11. The molecular weight excluding hydrogens is 240 g/mol. The van der Waals surface area contributed by atoms with E-state index in [1.54, 1.807) is 47.6 Å². The molecule has 1 heterocycles. The third kappa shape index (κ3) is 3.76. The normalized spacial score (nSPS) is 12.4. The van der Waals surface area contributed by atoms with E-state index in [0.717, 1.165) is 0 Å². The Bertz CT molecular complexity index is 442. The van der Waals surface area contributed by atoms with Gasteiger partial charge in [-0.2, -0.15) is 0 Å². The van der Waals surface area contributed by atoms with E-state index < -0.39 is 6.10 Å². The van der Waals surface area contributed by atoms with Crippen molar-refractivity contribution in [2.75, 3.05) is 6.61 Å². The Morgan fingerprint density at radius 2 is 2.12 bits per heavy atom. The number of nitrogens with zero attached hydrogens (tertiary/aromatic N) is 2. The number of aliphatic hydroxyl groups is 1. The predicted octanol–water partition coefficient (Wildman–Crippen LogP) is 1.98. The van der Waals surface area contributed by atoms with E-state index in [-0.39, 0.29) is 6.61 Å². The number of benzene rings is 1. The van der Waals surface area contributed by atoms with Gasteiger partial charge in [0.15, 0.2) is 0 Å². The molecule has 0 bridgehead atoms. The van der Waals surface area contributed by atoms with Crippen molar-refractivity contribution in [2.45, 2.75) is 12.6 Å². The molecule has 1 atom stereocenters. The van der Waals surface area contributed by atoms with Gasteiger partial charge in [0.25, 0.3) is 0 Å². The van der Waals surface area contributed by atoms with Gasteiger partial charge in [0.1, 0.15) is 18.5 Å². The van der Waals surface area contributed by atoms with Crippen molar-refractivity contribution in [3.05, 3.63) is 48.0 Å². The summed E-state index contributed by atoms with van der Waals surface area (Å²) >= 11 is 5.75. The summed E-state index contributed by atoms with van der Waals surface area (Å²) in [5.41, 5.74) is 0. The number of hydrogen-bond acceptors (Lipinski definition) is 3. The lowest BCUT2D eigenvalue weighted by atomic mass is 10.3. The van der Waals surface area contributed by atoms with Crippen LogP contribution in [-0.2, 0) is 6.54 Å². The van der Waals surface area contributed by atoms with Crippen molar-refractivity contribution in [3.63, 3.8) is 0 Å². The van der Waals surface area contributed by atoms with Gasteiger partial charge in [-0.1, -0.05) is 11.6 Å². The molecule has 0 aliphatic heterocycles. The van der Waals surface area contributed by atoms with E-state index >= 15 is 0 Å². The van der Waals surface area contributed by atoms with Crippen LogP contribution in [0.2, 0.25) is 5.02 Å². The molecule has 0 aliphatic rings. The first-order valence-electron chi connectivity index (χ1n) is 5.26. The largest absolute Gasteiger partial charge is 0.491 e. The topological polar surface area (TPSA) is 47.3 Å². The first-order valence-corrected chi connectivity index (χ1v) is 5.64. The van der Waals surface area contributed by atoms with E-state index in [2.05, 4.69) is 4.98 Å². The van der Waals surface area contributed by atoms with Gasteiger partial charge >= 0.3 is 0 Å². The SMILES string of the molecule is OC(COc1ccc(Cl)cc1)Cn1ccnc1. The van der Waals surface area contributed by atoms with Crippen LogP contribution in [0.15, 0.2) is 43.0 Å². The van der Waals surface area contributed by atoms with Crippen molar-refractivity contribution in [1.29, 1.82) is 0 Å². The molecular formula is C12H13ClN2O2. The van der Waals surface area contributed by atoms with E-state index in [1.807, 2.05) is 0 Å². The van der Waals surface area contributed by atoms with Crippen molar-refractivity contribution in [1.82, 2.24) is 9.55 Å². The van der Waals surface area contributed by atoms with Crippen LogP contribution in [0.25, 0.3) is 0 Å². The Balaban J connectivity index is 1.79. The molecule has 0 saturated heterocycles. The number of imidazole rings is 1. The summed E-state index contributed by atoms with van der Waals surface area (Å²) in [6.45, 7) is 0.702. The molecule has 0 radical (unpaired) electrons. The molecule has 0 saturated carbocycles. The molecule has 0 amide bonds. The fraction of sp³-hybridized carbons (Fsp3) is 0.250. The van der Waals surface area contributed by atoms with Crippen molar-refractivity contribution < 1.29 is 9.84 Å². The molecule has 1 unspecified atom stereocenters. The predicted molar refractivity (Wildman–Crippen MR) is 65.2 cm³/mol. The van der Waals surface area contributed by atoms with Crippen LogP contribution in [0.3, 0.4) is 0 Å². The van der Waals surface area contributed by atoms with Crippen LogP contribution < -0.4 is 4.74 Å². The standard InChI is InChI=1S/C12H13ClN2O2/c13-10-1-3-12(4-2-10)17-8-11(16)7-15-6-5-14-9-15/h1-6,9,11,16H,7-8H2. The second kappa shape index (κ2) is 5.70. The molecule has 4 nitrogen and oxygen atoms in total. The minimum absolute atomic E-state index is 0.236. The van der Waals surface area contributed by atoms with Crippen LogP contribution in [0, 0.1) is 0 Å². The van der Waals surface area contributed by atoms with Crippen molar-refractivity contribution in [3.8, 4) is 5.75 Å². The average Bonchev–Trinajstić information content (AvgIpc) is 2.81. The van der Waals surface area contributed by atoms with Gasteiger partial charge in [-0.3, -0.25) is 0 Å². The third-order valence-electron chi connectivity index (χ3n) is 2.24. The van der Waals surface area contributed by atoms with Crippen LogP contribution in [0.1, 0.15) is 0 Å². The van der Waals surface area contributed by atoms with Crippen LogP contribution in [-0.4, -0.2) is 27.4 Å². The molecule has 5 heteroatoms. The fourth-order valence-electron chi connectivity index (χ4n) is 1.41. The minimum Gasteiger partial charge on any atom is -0.491 e. The summed E-state index contributed by atoms with van der Waals surface area (Å²) in [6.07, 6.45) is 4.56. The van der Waals surface area contributed by atoms with E-state index in [9.17, 15) is 5.11 Å². The molecule has 2 aromatic rings. The molecule has 1 aromatic carbocycles. The van der Waals surface area contributed by atoms with E-state index in [4.69, 9.17) is 16.3 Å². The number of rotatable bonds is 5. The fourth-order valence-corrected chi connectivity index (χ4v) is 1.54. The van der Waals surface area contributed by atoms with Gasteiger partial charge in [-0.25, -0.2) is 4.98 Å². The number of aromatic nitrogens is 2. The average molecular weight is 253 g/mol. The molecule has 0 fully saturated rings. The Labute approximate surface area is 104 Å². The van der Waals surface area contributed by atoms with Crippen molar-refractivity contribution >= 4 is 11.6 Å². The van der Waals surface area contributed by atoms with Crippen LogP contribution in [0.5, 0.6) is 5.75 Å². The lowest BCUT2D eigenvalue weighted by Gasteiger charge is -2.12. The van der Waals surface area contributed by atoms with E-state index in [0.29, 0.717) is 17.3 Å². The Morgan fingerprint density at radius 3 is 2.76 bits per heavy atom. The number of halogens is 1. The van der Waals surface area contributed by atoms with Crippen LogP contribution in [0.4, 0.5) is 0 Å². The quantitative estimate of drug-likeness (QED) is 0.885. The molecule has 2 rings (SSSR count). The molecule has 0 spiro atoms. The molecule has 1 N–H and O–H groups in total. The Morgan fingerprint density at radius 1 is 1.35 bits per heavy atom. The maximum atomic E-state index is 9.74. The molecule has 0 aliphatic carbocycles. The molecule has 90 valence electrons. The summed E-state index contributed by atoms with van der Waals surface area (Å²) in [4.78, 5) is 3.90. The van der Waals surface area contributed by atoms with Crippen LogP contribution >= 0.6 is 11.6 Å². The first kappa shape index (κ1) is 12.0. The Kier molecular flexibility index (Phi) is 4.01. The summed E-state index contributed by atoms with van der Waals surface area (Å²) in [7, 11) is 0. The second-order valence-electron chi connectivity index (χ2n) is 3.68. The van der Waals surface area contributed by atoms with Gasteiger partial charge < -0.3 is 14.4 Å². The highest BCUT2D eigenvalue weighted by molar-refractivity contribution is 6.30. The highest BCUT2D eigenvalue weighted by Gasteiger charge is 2.05. The zero-order valence-electron chi connectivity index (χ0n) is 9.16. The summed E-state index contributed by atoms with van der Waals surface area (Å²) < 4.78 is 7.23. The number of aliphatic hydroxyl groups excluding tert-OH is 1. The van der Waals surface area contributed by atoms with Crippen molar-refractivity contribution in [2.24, 2.45) is 0 Å². The van der Waals surface area contributed by atoms with E-state index in [1.165, 1.54) is 0 Å². The smallest absolute Gasteiger partial charge is 0.119 e. The summed E-state index contributed by atoms with van der Waals surface area (Å²) in [6, 6.07) is 7.04. The lowest BCUT2D eigenvalue weighted by Crippen LogP contribution is -2.22. The number of hydrogen-bond donors (Lipinski definition) is 1. The van der Waals surface area contributed by atoms with Gasteiger partial charge in [-0.05, 0) is 24.3 Å². The summed E-state index contributed by atoms with van der Waals surface area (Å²) in [5, 5.41) is 10.4. The first-order chi connectivity index (χ1) is 8.24. The monoisotopic (exact) mass is 252 g/mol. The summed E-state index contributed by atoms with van der Waals surface area (Å²) in [5.74, 6) is 0.694. The Hall–Kier alpha value is -1.52. The van der Waals surface area contributed by atoms with Gasteiger partial charge in [0, 0.05) is 17.4 Å². The molecule has 1 aromatic heterocycles. The minimum atomic E-state index is -0.570. The zero-order valence-corrected chi connectivity index (χ0v) is 9.92.